The van der Waals surface area contributed by atoms with Gasteiger partial charge in [-0.2, -0.15) is 5.26 Å². The Morgan fingerprint density at radius 1 is 1.38 bits per heavy atom. The Morgan fingerprint density at radius 3 is 2.81 bits per heavy atom. The van der Waals surface area contributed by atoms with E-state index in [9.17, 15) is 10.1 Å². The van der Waals surface area contributed by atoms with Crippen LogP contribution in [0.3, 0.4) is 0 Å². The van der Waals surface area contributed by atoms with Crippen LogP contribution in [0.2, 0.25) is 0 Å². The zero-order valence-corrected chi connectivity index (χ0v) is 11.8. The number of anilines is 1. The van der Waals surface area contributed by atoms with E-state index in [-0.39, 0.29) is 17.1 Å². The molecule has 0 saturated carbocycles. The molecule has 0 radical (unpaired) electrons. The number of hydrogen-bond donors (Lipinski definition) is 1. The third kappa shape index (κ3) is 4.19. The highest BCUT2D eigenvalue weighted by atomic mass is 32.2. The summed E-state index contributed by atoms with van der Waals surface area (Å²) >= 11 is 1.65. The lowest BCUT2D eigenvalue weighted by atomic mass is 10.3. The Hall–Kier alpha value is -2.59. The van der Waals surface area contributed by atoms with Gasteiger partial charge in [-0.3, -0.25) is 10.1 Å². The van der Waals surface area contributed by atoms with Crippen molar-refractivity contribution in [1.29, 1.82) is 5.26 Å². The fraction of sp³-hybridized carbons (Fsp3) is 0.143. The third-order valence-electron chi connectivity index (χ3n) is 2.60. The van der Waals surface area contributed by atoms with Crippen molar-refractivity contribution < 1.29 is 4.92 Å². The van der Waals surface area contributed by atoms with Crippen molar-refractivity contribution >= 4 is 23.3 Å². The van der Waals surface area contributed by atoms with E-state index in [1.807, 2.05) is 36.4 Å². The maximum atomic E-state index is 11.0. The van der Waals surface area contributed by atoms with E-state index in [0.29, 0.717) is 6.54 Å². The molecule has 1 heterocycles. The lowest BCUT2D eigenvalue weighted by Crippen LogP contribution is -2.08. The number of nitrogens with zero attached hydrogens (tertiary/aromatic N) is 3. The van der Waals surface area contributed by atoms with Crippen LogP contribution in [-0.2, 0) is 0 Å². The van der Waals surface area contributed by atoms with Gasteiger partial charge in [-0.05, 0) is 12.1 Å². The van der Waals surface area contributed by atoms with Gasteiger partial charge < -0.3 is 5.32 Å². The molecule has 0 unspecified atom stereocenters. The maximum absolute atomic E-state index is 11.0. The highest BCUT2D eigenvalue weighted by molar-refractivity contribution is 7.99. The fourth-order valence-corrected chi connectivity index (χ4v) is 2.43. The van der Waals surface area contributed by atoms with E-state index in [1.165, 1.54) is 12.3 Å². The van der Waals surface area contributed by atoms with Gasteiger partial charge in [-0.15, -0.1) is 11.8 Å². The minimum atomic E-state index is -0.541. The number of nitro groups is 1. The van der Waals surface area contributed by atoms with Crippen molar-refractivity contribution in [2.75, 3.05) is 17.6 Å². The van der Waals surface area contributed by atoms with Gasteiger partial charge in [0.25, 0.3) is 0 Å². The molecule has 0 saturated heterocycles. The number of benzene rings is 1. The van der Waals surface area contributed by atoms with E-state index in [1.54, 1.807) is 11.8 Å². The van der Waals surface area contributed by atoms with Crippen molar-refractivity contribution in [3.63, 3.8) is 0 Å². The van der Waals surface area contributed by atoms with Crippen molar-refractivity contribution in [1.82, 2.24) is 4.98 Å². The van der Waals surface area contributed by atoms with E-state index >= 15 is 0 Å². The SMILES string of the molecule is N#Cc1cnc(NCCSc2ccccc2)c([N+](=O)[O-])c1. The van der Waals surface area contributed by atoms with Crippen LogP contribution in [0.25, 0.3) is 0 Å². The quantitative estimate of drug-likeness (QED) is 0.381. The summed E-state index contributed by atoms with van der Waals surface area (Å²) < 4.78 is 0. The van der Waals surface area contributed by atoms with Gasteiger partial charge in [0.05, 0.1) is 10.5 Å². The van der Waals surface area contributed by atoms with Crippen molar-refractivity contribution in [3.8, 4) is 6.07 Å². The summed E-state index contributed by atoms with van der Waals surface area (Å²) in [6.07, 6.45) is 1.32. The number of rotatable bonds is 6. The normalized spacial score (nSPS) is 9.86. The van der Waals surface area contributed by atoms with Crippen molar-refractivity contribution in [3.05, 3.63) is 58.3 Å². The van der Waals surface area contributed by atoms with Crippen LogP contribution in [0.5, 0.6) is 0 Å². The Labute approximate surface area is 126 Å². The number of nitrogens with one attached hydrogen (secondary N) is 1. The Bertz CT molecular complexity index is 670. The van der Waals surface area contributed by atoms with Gasteiger partial charge in [0.15, 0.2) is 0 Å². The minimum absolute atomic E-state index is 0.172. The lowest BCUT2D eigenvalue weighted by Gasteiger charge is -2.06. The molecule has 0 bridgehead atoms. The molecule has 1 aromatic heterocycles. The maximum Gasteiger partial charge on any atom is 0.312 e. The minimum Gasteiger partial charge on any atom is -0.363 e. The number of aromatic nitrogens is 1. The number of nitriles is 1. The Balaban J connectivity index is 1.94. The predicted octanol–water partition coefficient (Wildman–Crippen LogP) is 3.07. The molecule has 7 heteroatoms. The molecule has 6 nitrogen and oxygen atoms in total. The number of thioether (sulfide) groups is 1. The molecule has 0 aliphatic carbocycles. The van der Waals surface area contributed by atoms with E-state index < -0.39 is 4.92 Å². The summed E-state index contributed by atoms with van der Waals surface area (Å²) in [4.78, 5) is 15.5. The largest absolute Gasteiger partial charge is 0.363 e. The summed E-state index contributed by atoms with van der Waals surface area (Å²) in [5, 5.41) is 22.6. The number of pyridine rings is 1. The second-order valence-electron chi connectivity index (χ2n) is 4.05. The van der Waals surface area contributed by atoms with Gasteiger partial charge in [0, 0.05) is 29.5 Å². The highest BCUT2D eigenvalue weighted by Crippen LogP contribution is 2.23. The number of hydrogen-bond acceptors (Lipinski definition) is 6. The fourth-order valence-electron chi connectivity index (χ4n) is 1.64. The Morgan fingerprint density at radius 2 is 2.14 bits per heavy atom. The molecular formula is C14H12N4O2S. The summed E-state index contributed by atoms with van der Waals surface area (Å²) in [7, 11) is 0. The second kappa shape index (κ2) is 7.26. The van der Waals surface area contributed by atoms with E-state index in [4.69, 9.17) is 5.26 Å². The average molecular weight is 300 g/mol. The molecule has 1 aromatic carbocycles. The monoisotopic (exact) mass is 300 g/mol. The van der Waals surface area contributed by atoms with Gasteiger partial charge in [0.1, 0.15) is 6.07 Å². The van der Waals surface area contributed by atoms with Crippen LogP contribution in [0.1, 0.15) is 5.56 Å². The first-order valence-corrected chi connectivity index (χ1v) is 7.15. The molecule has 2 rings (SSSR count). The van der Waals surface area contributed by atoms with Crippen LogP contribution in [0, 0.1) is 21.4 Å². The standard InChI is InChI=1S/C14H12N4O2S/c15-9-11-8-13(18(19)20)14(17-10-11)16-6-7-21-12-4-2-1-3-5-12/h1-5,8,10H,6-7H2,(H,16,17). The first-order valence-electron chi connectivity index (χ1n) is 6.17. The molecule has 0 amide bonds. The molecule has 106 valence electrons. The molecule has 2 aromatic rings. The zero-order valence-electron chi connectivity index (χ0n) is 11.0. The first-order chi connectivity index (χ1) is 10.2. The average Bonchev–Trinajstić information content (AvgIpc) is 2.52. The second-order valence-corrected chi connectivity index (χ2v) is 5.22. The summed E-state index contributed by atoms with van der Waals surface area (Å²) in [6.45, 7) is 0.541. The molecule has 0 atom stereocenters. The molecule has 21 heavy (non-hydrogen) atoms. The molecule has 1 N–H and O–H groups in total. The third-order valence-corrected chi connectivity index (χ3v) is 3.61. The van der Waals surface area contributed by atoms with Gasteiger partial charge >= 0.3 is 5.69 Å². The molecule has 0 fully saturated rings. The molecule has 0 spiro atoms. The van der Waals surface area contributed by atoms with Crippen LogP contribution in [0.15, 0.2) is 47.5 Å². The Kier molecular flexibility index (Phi) is 5.12. The van der Waals surface area contributed by atoms with Crippen molar-refractivity contribution in [2.24, 2.45) is 0 Å². The summed E-state index contributed by atoms with van der Waals surface area (Å²) in [5.74, 6) is 0.940. The van der Waals surface area contributed by atoms with Crippen LogP contribution >= 0.6 is 11.8 Å². The molecule has 0 aliphatic heterocycles. The van der Waals surface area contributed by atoms with Gasteiger partial charge in [-0.25, -0.2) is 4.98 Å². The zero-order chi connectivity index (χ0) is 15.1. The lowest BCUT2D eigenvalue weighted by molar-refractivity contribution is -0.384. The van der Waals surface area contributed by atoms with Gasteiger partial charge in [0.2, 0.25) is 5.82 Å². The first kappa shape index (κ1) is 14.8. The molecular weight excluding hydrogens is 288 g/mol. The van der Waals surface area contributed by atoms with Crippen LogP contribution in [0.4, 0.5) is 11.5 Å². The predicted molar refractivity (Wildman–Crippen MR) is 81.3 cm³/mol. The molecule has 0 aliphatic rings. The van der Waals surface area contributed by atoms with Crippen LogP contribution < -0.4 is 5.32 Å². The van der Waals surface area contributed by atoms with Crippen LogP contribution in [-0.4, -0.2) is 22.2 Å². The summed E-state index contributed by atoms with van der Waals surface area (Å²) in [6, 6.07) is 12.9. The smallest absolute Gasteiger partial charge is 0.312 e. The van der Waals surface area contributed by atoms with Gasteiger partial charge in [-0.1, -0.05) is 18.2 Å². The summed E-state index contributed by atoms with van der Waals surface area (Å²) in [5.41, 5.74) is -0.00956. The topological polar surface area (TPSA) is 91.8 Å². The van der Waals surface area contributed by atoms with E-state index in [2.05, 4.69) is 10.3 Å². The van der Waals surface area contributed by atoms with Crippen molar-refractivity contribution in [2.45, 2.75) is 4.90 Å². The van der Waals surface area contributed by atoms with E-state index in [0.717, 1.165) is 10.6 Å². The highest BCUT2D eigenvalue weighted by Gasteiger charge is 2.15.